The van der Waals surface area contributed by atoms with E-state index in [4.69, 9.17) is 11.6 Å². The van der Waals surface area contributed by atoms with Crippen LogP contribution in [0.2, 0.25) is 5.02 Å². The van der Waals surface area contributed by atoms with Crippen LogP contribution in [-0.4, -0.2) is 19.6 Å². The summed E-state index contributed by atoms with van der Waals surface area (Å²) in [4.78, 5) is 10.8. The van der Waals surface area contributed by atoms with E-state index in [0.717, 1.165) is 6.07 Å². The fourth-order valence-electron chi connectivity index (χ4n) is 0.944. The van der Waals surface area contributed by atoms with E-state index in [9.17, 15) is 13.6 Å². The first kappa shape index (κ1) is 11.7. The van der Waals surface area contributed by atoms with Crippen LogP contribution >= 0.6 is 11.6 Å². The fourth-order valence-corrected chi connectivity index (χ4v) is 1.21. The predicted molar refractivity (Wildman–Crippen MR) is 51.9 cm³/mol. The predicted octanol–water partition coefficient (Wildman–Crippen LogP) is 2.20. The second kappa shape index (κ2) is 4.93. The first-order valence-corrected chi connectivity index (χ1v) is 4.37. The molecule has 82 valence electrons. The molecule has 0 aliphatic rings. The Bertz CT molecular complexity index is 361. The van der Waals surface area contributed by atoms with Gasteiger partial charge in [0.1, 0.15) is 12.4 Å². The van der Waals surface area contributed by atoms with E-state index in [1.807, 2.05) is 0 Å². The van der Waals surface area contributed by atoms with Crippen molar-refractivity contribution >= 4 is 23.3 Å². The molecule has 15 heavy (non-hydrogen) atoms. The molecule has 0 aromatic heterocycles. The summed E-state index contributed by atoms with van der Waals surface area (Å²) in [6, 6.07) is 1.62. The van der Waals surface area contributed by atoms with E-state index in [0.29, 0.717) is 6.07 Å². The van der Waals surface area contributed by atoms with E-state index in [1.54, 1.807) is 0 Å². The minimum Gasteiger partial charge on any atom is -0.468 e. The Morgan fingerprint density at radius 1 is 1.53 bits per heavy atom. The average molecular weight is 236 g/mol. The van der Waals surface area contributed by atoms with Crippen LogP contribution in [0.3, 0.4) is 0 Å². The Balaban J connectivity index is 2.81. The van der Waals surface area contributed by atoms with Gasteiger partial charge < -0.3 is 10.1 Å². The zero-order valence-corrected chi connectivity index (χ0v) is 8.57. The lowest BCUT2D eigenvalue weighted by molar-refractivity contribution is -0.138. The van der Waals surface area contributed by atoms with Gasteiger partial charge in [-0.15, -0.1) is 0 Å². The minimum atomic E-state index is -0.857. The third-order valence-electron chi connectivity index (χ3n) is 1.64. The quantitative estimate of drug-likeness (QED) is 0.817. The number of esters is 1. The minimum absolute atomic E-state index is 0.122. The number of benzene rings is 1. The maximum atomic E-state index is 13.1. The van der Waals surface area contributed by atoms with Crippen LogP contribution in [0.4, 0.5) is 14.5 Å². The number of halogens is 3. The van der Waals surface area contributed by atoms with E-state index < -0.39 is 17.6 Å². The number of anilines is 1. The van der Waals surface area contributed by atoms with Crippen molar-refractivity contribution in [2.45, 2.75) is 0 Å². The number of methoxy groups -OCH3 is 1. The van der Waals surface area contributed by atoms with Crippen molar-refractivity contribution in [3.05, 3.63) is 28.8 Å². The Hall–Kier alpha value is -1.36. The molecule has 1 N–H and O–H groups in total. The Morgan fingerprint density at radius 3 is 2.73 bits per heavy atom. The Kier molecular flexibility index (Phi) is 3.85. The van der Waals surface area contributed by atoms with Gasteiger partial charge in [0.2, 0.25) is 0 Å². The number of nitrogens with one attached hydrogen (secondary N) is 1. The number of rotatable bonds is 3. The largest absolute Gasteiger partial charge is 0.468 e. The number of hydrogen-bond donors (Lipinski definition) is 1. The van der Waals surface area contributed by atoms with Crippen LogP contribution in [-0.2, 0) is 9.53 Å². The van der Waals surface area contributed by atoms with Gasteiger partial charge in [0.05, 0.1) is 17.8 Å². The summed E-state index contributed by atoms with van der Waals surface area (Å²) in [6.07, 6.45) is 0. The van der Waals surface area contributed by atoms with Gasteiger partial charge in [-0.25, -0.2) is 8.78 Å². The second-order valence-electron chi connectivity index (χ2n) is 2.67. The molecule has 0 saturated heterocycles. The van der Waals surface area contributed by atoms with Crippen molar-refractivity contribution in [3.63, 3.8) is 0 Å². The second-order valence-corrected chi connectivity index (χ2v) is 3.08. The average Bonchev–Trinajstić information content (AvgIpc) is 2.15. The van der Waals surface area contributed by atoms with Crippen molar-refractivity contribution in [2.24, 2.45) is 0 Å². The molecule has 0 unspecified atom stereocenters. The molecule has 0 fully saturated rings. The van der Waals surface area contributed by atoms with Gasteiger partial charge in [0, 0.05) is 6.07 Å². The number of carbonyl (C=O) groups is 1. The zero-order chi connectivity index (χ0) is 11.4. The van der Waals surface area contributed by atoms with E-state index in [2.05, 4.69) is 10.1 Å². The lowest BCUT2D eigenvalue weighted by atomic mass is 10.3. The molecule has 0 aliphatic carbocycles. The molecule has 0 radical (unpaired) electrons. The summed E-state index contributed by atoms with van der Waals surface area (Å²) in [5.74, 6) is -2.21. The van der Waals surface area contributed by atoms with Crippen LogP contribution in [0.15, 0.2) is 12.1 Å². The molecular weight excluding hydrogens is 228 g/mol. The SMILES string of the molecule is COC(=O)CNc1c(F)cc(F)cc1Cl. The monoisotopic (exact) mass is 235 g/mol. The maximum absolute atomic E-state index is 13.1. The summed E-state index contributed by atoms with van der Waals surface area (Å²) in [5, 5.41) is 2.28. The summed E-state index contributed by atoms with van der Waals surface area (Å²) in [5.41, 5.74) is -0.122. The molecule has 0 saturated carbocycles. The molecule has 3 nitrogen and oxygen atoms in total. The molecule has 0 spiro atoms. The van der Waals surface area contributed by atoms with Crippen molar-refractivity contribution < 1.29 is 18.3 Å². The normalized spacial score (nSPS) is 9.87. The highest BCUT2D eigenvalue weighted by atomic mass is 35.5. The molecule has 0 heterocycles. The van der Waals surface area contributed by atoms with E-state index in [1.165, 1.54) is 7.11 Å². The highest BCUT2D eigenvalue weighted by Crippen LogP contribution is 2.25. The maximum Gasteiger partial charge on any atom is 0.325 e. The molecule has 1 aromatic carbocycles. The molecular formula is C9H8ClF2NO2. The molecule has 0 atom stereocenters. The topological polar surface area (TPSA) is 38.3 Å². The number of hydrogen-bond acceptors (Lipinski definition) is 3. The van der Waals surface area contributed by atoms with Gasteiger partial charge >= 0.3 is 5.97 Å². The van der Waals surface area contributed by atoms with Crippen LogP contribution in [0.5, 0.6) is 0 Å². The zero-order valence-electron chi connectivity index (χ0n) is 7.81. The van der Waals surface area contributed by atoms with Crippen molar-refractivity contribution in [3.8, 4) is 0 Å². The van der Waals surface area contributed by atoms with Crippen molar-refractivity contribution in [1.82, 2.24) is 0 Å². The van der Waals surface area contributed by atoms with Gasteiger partial charge in [-0.2, -0.15) is 0 Å². The molecule has 0 bridgehead atoms. The van der Waals surface area contributed by atoms with Gasteiger partial charge in [-0.3, -0.25) is 4.79 Å². The molecule has 6 heteroatoms. The van der Waals surface area contributed by atoms with Crippen LogP contribution in [0, 0.1) is 11.6 Å². The van der Waals surface area contributed by atoms with Crippen LogP contribution in [0.25, 0.3) is 0 Å². The lowest BCUT2D eigenvalue weighted by Crippen LogP contribution is -2.16. The summed E-state index contributed by atoms with van der Waals surface area (Å²) >= 11 is 5.57. The number of ether oxygens (including phenoxy) is 1. The fraction of sp³-hybridized carbons (Fsp3) is 0.222. The van der Waals surface area contributed by atoms with Gasteiger partial charge in [-0.1, -0.05) is 11.6 Å². The molecule has 1 rings (SSSR count). The molecule has 0 amide bonds. The van der Waals surface area contributed by atoms with Gasteiger partial charge in [-0.05, 0) is 6.07 Å². The molecule has 0 aliphatic heterocycles. The van der Waals surface area contributed by atoms with Crippen molar-refractivity contribution in [1.29, 1.82) is 0 Å². The standard InChI is InChI=1S/C9H8ClF2NO2/c1-15-8(14)4-13-9-6(10)2-5(11)3-7(9)12/h2-3,13H,4H2,1H3. The van der Waals surface area contributed by atoms with Crippen LogP contribution < -0.4 is 5.32 Å². The highest BCUT2D eigenvalue weighted by molar-refractivity contribution is 6.33. The Labute approximate surface area is 90.0 Å². The summed E-state index contributed by atoms with van der Waals surface area (Å²) < 4.78 is 30.1. The van der Waals surface area contributed by atoms with Crippen molar-refractivity contribution in [2.75, 3.05) is 19.0 Å². The first-order chi connectivity index (χ1) is 7.04. The summed E-state index contributed by atoms with van der Waals surface area (Å²) in [7, 11) is 1.20. The third kappa shape index (κ3) is 3.06. The summed E-state index contributed by atoms with van der Waals surface area (Å²) in [6.45, 7) is -0.237. The van der Waals surface area contributed by atoms with Gasteiger partial charge in [0.25, 0.3) is 0 Å². The lowest BCUT2D eigenvalue weighted by Gasteiger charge is -2.08. The first-order valence-electron chi connectivity index (χ1n) is 4.00. The highest BCUT2D eigenvalue weighted by Gasteiger charge is 2.10. The molecule has 1 aromatic rings. The van der Waals surface area contributed by atoms with E-state index in [-0.39, 0.29) is 17.3 Å². The third-order valence-corrected chi connectivity index (χ3v) is 1.94. The van der Waals surface area contributed by atoms with Gasteiger partial charge in [0.15, 0.2) is 5.82 Å². The number of carbonyl (C=O) groups excluding carboxylic acids is 1. The smallest absolute Gasteiger partial charge is 0.325 e. The van der Waals surface area contributed by atoms with E-state index >= 15 is 0 Å². The van der Waals surface area contributed by atoms with Crippen LogP contribution in [0.1, 0.15) is 0 Å². The Morgan fingerprint density at radius 2 is 2.20 bits per heavy atom.